The highest BCUT2D eigenvalue weighted by molar-refractivity contribution is 5.76. The summed E-state index contributed by atoms with van der Waals surface area (Å²) in [5.41, 5.74) is 1.17. The first-order valence-corrected chi connectivity index (χ1v) is 7.21. The van der Waals surface area contributed by atoms with Crippen LogP contribution in [0.3, 0.4) is 0 Å². The van der Waals surface area contributed by atoms with Crippen LogP contribution in [-0.2, 0) is 6.54 Å². The van der Waals surface area contributed by atoms with Crippen LogP contribution in [-0.4, -0.2) is 22.3 Å². The summed E-state index contributed by atoms with van der Waals surface area (Å²) < 4.78 is 40.1. The van der Waals surface area contributed by atoms with Crippen molar-refractivity contribution < 1.29 is 13.2 Å². The summed E-state index contributed by atoms with van der Waals surface area (Å²) in [6.07, 6.45) is -2.19. The molecule has 2 unspecified atom stereocenters. The van der Waals surface area contributed by atoms with E-state index in [1.54, 1.807) is 24.3 Å². The molecule has 21 heavy (non-hydrogen) atoms. The Kier molecular flexibility index (Phi) is 3.65. The molecule has 0 bridgehead atoms. The quantitative estimate of drug-likeness (QED) is 0.917. The van der Waals surface area contributed by atoms with Crippen molar-refractivity contribution >= 4 is 11.0 Å². The number of para-hydroxylation sites is 2. The van der Waals surface area contributed by atoms with Gasteiger partial charge in [0, 0.05) is 0 Å². The maximum Gasteiger partial charge on any atom is 0.406 e. The van der Waals surface area contributed by atoms with Crippen molar-refractivity contribution in [1.29, 1.82) is 0 Å². The van der Waals surface area contributed by atoms with Crippen LogP contribution >= 0.6 is 0 Å². The first-order chi connectivity index (χ1) is 9.96. The second kappa shape index (κ2) is 5.33. The normalized spacial score (nSPS) is 23.6. The zero-order chi connectivity index (χ0) is 15.0. The molecule has 114 valence electrons. The molecule has 0 spiro atoms. The maximum atomic E-state index is 12.9. The number of imidazole rings is 1. The highest BCUT2D eigenvalue weighted by atomic mass is 19.4. The molecule has 2 heterocycles. The monoisotopic (exact) mass is 297 g/mol. The molecule has 2 atom stereocenters. The summed E-state index contributed by atoms with van der Waals surface area (Å²) in [5, 5.41) is 3.32. The van der Waals surface area contributed by atoms with Gasteiger partial charge in [0.05, 0.1) is 17.1 Å². The van der Waals surface area contributed by atoms with E-state index in [1.807, 2.05) is 0 Å². The lowest BCUT2D eigenvalue weighted by Gasteiger charge is -2.30. The Hall–Kier alpha value is -1.56. The zero-order valence-electron chi connectivity index (χ0n) is 11.8. The molecule has 0 amide bonds. The highest BCUT2D eigenvalue weighted by Gasteiger charge is 2.33. The predicted molar refractivity (Wildman–Crippen MR) is 74.9 cm³/mol. The number of alkyl halides is 3. The van der Waals surface area contributed by atoms with Crippen molar-refractivity contribution in [3.63, 3.8) is 0 Å². The molecule has 6 heteroatoms. The lowest BCUT2D eigenvalue weighted by molar-refractivity contribution is -0.140. The van der Waals surface area contributed by atoms with Crippen LogP contribution in [0.5, 0.6) is 0 Å². The molecule has 1 aliphatic heterocycles. The average molecular weight is 297 g/mol. The lowest BCUT2D eigenvalue weighted by atomic mass is 9.92. The molecule has 1 N–H and O–H groups in total. The molecule has 1 fully saturated rings. The second-order valence-corrected chi connectivity index (χ2v) is 5.71. The van der Waals surface area contributed by atoms with Crippen molar-refractivity contribution in [2.75, 3.05) is 6.54 Å². The van der Waals surface area contributed by atoms with Crippen LogP contribution in [0.1, 0.15) is 31.6 Å². The van der Waals surface area contributed by atoms with Gasteiger partial charge in [0.1, 0.15) is 12.4 Å². The number of aromatic nitrogens is 2. The van der Waals surface area contributed by atoms with Gasteiger partial charge in [-0.1, -0.05) is 19.1 Å². The molecule has 1 aliphatic rings. The van der Waals surface area contributed by atoms with Crippen LogP contribution < -0.4 is 5.32 Å². The Morgan fingerprint density at radius 3 is 2.81 bits per heavy atom. The number of hydrogen-bond acceptors (Lipinski definition) is 2. The number of nitrogens with zero attached hydrogens (tertiary/aromatic N) is 2. The Bertz CT molecular complexity index is 633. The number of rotatable bonds is 2. The average Bonchev–Trinajstić information content (AvgIpc) is 2.76. The van der Waals surface area contributed by atoms with Gasteiger partial charge in [-0.25, -0.2) is 4.98 Å². The smallest absolute Gasteiger partial charge is 0.317 e. The Labute approximate surface area is 121 Å². The van der Waals surface area contributed by atoms with Gasteiger partial charge in [0.15, 0.2) is 0 Å². The van der Waals surface area contributed by atoms with Gasteiger partial charge in [-0.05, 0) is 37.4 Å². The predicted octanol–water partition coefficient (Wildman–Crippen LogP) is 3.66. The van der Waals surface area contributed by atoms with Gasteiger partial charge >= 0.3 is 6.18 Å². The van der Waals surface area contributed by atoms with Gasteiger partial charge in [-0.2, -0.15) is 13.2 Å². The summed E-state index contributed by atoms with van der Waals surface area (Å²) >= 11 is 0. The van der Waals surface area contributed by atoms with Crippen molar-refractivity contribution in [3.05, 3.63) is 30.1 Å². The third kappa shape index (κ3) is 2.90. The number of nitrogens with one attached hydrogen (secondary N) is 1. The SMILES string of the molecule is CC1CCCNC1c1nc2ccccc2n1CC(F)(F)F. The van der Waals surface area contributed by atoms with Crippen LogP contribution in [0.4, 0.5) is 13.2 Å². The van der Waals surface area contributed by atoms with E-state index in [2.05, 4.69) is 17.2 Å². The molecule has 1 aromatic heterocycles. The molecular formula is C15H18F3N3. The van der Waals surface area contributed by atoms with Gasteiger partial charge in [0.25, 0.3) is 0 Å². The number of halogens is 3. The van der Waals surface area contributed by atoms with E-state index in [9.17, 15) is 13.2 Å². The second-order valence-electron chi connectivity index (χ2n) is 5.71. The van der Waals surface area contributed by atoms with E-state index in [4.69, 9.17) is 0 Å². The first kappa shape index (κ1) is 14.4. The lowest BCUT2D eigenvalue weighted by Crippen LogP contribution is -2.35. The fraction of sp³-hybridized carbons (Fsp3) is 0.533. The number of piperidine rings is 1. The molecule has 3 rings (SSSR count). The fourth-order valence-corrected chi connectivity index (χ4v) is 3.07. The summed E-state index contributed by atoms with van der Waals surface area (Å²) in [4.78, 5) is 4.47. The van der Waals surface area contributed by atoms with Crippen LogP contribution in [0.2, 0.25) is 0 Å². The fourth-order valence-electron chi connectivity index (χ4n) is 3.07. The molecule has 1 aromatic carbocycles. The third-order valence-corrected chi connectivity index (χ3v) is 4.07. The molecule has 0 radical (unpaired) electrons. The molecule has 1 saturated heterocycles. The van der Waals surface area contributed by atoms with Crippen molar-refractivity contribution in [3.8, 4) is 0 Å². The molecule has 3 nitrogen and oxygen atoms in total. The molecule has 0 aliphatic carbocycles. The van der Waals surface area contributed by atoms with Gasteiger partial charge in [-0.3, -0.25) is 0 Å². The molecule has 0 saturated carbocycles. The summed E-state index contributed by atoms with van der Waals surface area (Å²) in [6.45, 7) is 1.89. The van der Waals surface area contributed by atoms with Gasteiger partial charge in [-0.15, -0.1) is 0 Å². The van der Waals surface area contributed by atoms with Crippen molar-refractivity contribution in [2.45, 2.75) is 38.5 Å². The van der Waals surface area contributed by atoms with E-state index in [1.165, 1.54) is 4.57 Å². The van der Waals surface area contributed by atoms with Gasteiger partial charge in [0.2, 0.25) is 0 Å². The molecule has 2 aromatic rings. The molecular weight excluding hydrogens is 279 g/mol. The van der Waals surface area contributed by atoms with Crippen LogP contribution in [0.15, 0.2) is 24.3 Å². The van der Waals surface area contributed by atoms with Crippen molar-refractivity contribution in [2.24, 2.45) is 5.92 Å². The first-order valence-electron chi connectivity index (χ1n) is 7.21. The highest BCUT2D eigenvalue weighted by Crippen LogP contribution is 2.32. The minimum absolute atomic E-state index is 0.117. The van der Waals surface area contributed by atoms with E-state index in [0.29, 0.717) is 16.9 Å². The Morgan fingerprint density at radius 1 is 1.33 bits per heavy atom. The van der Waals surface area contributed by atoms with Gasteiger partial charge < -0.3 is 9.88 Å². The van der Waals surface area contributed by atoms with E-state index < -0.39 is 12.7 Å². The Morgan fingerprint density at radius 2 is 2.10 bits per heavy atom. The van der Waals surface area contributed by atoms with E-state index in [0.717, 1.165) is 19.4 Å². The summed E-state index contributed by atoms with van der Waals surface area (Å²) in [7, 11) is 0. The summed E-state index contributed by atoms with van der Waals surface area (Å²) in [6, 6.07) is 6.89. The number of hydrogen-bond donors (Lipinski definition) is 1. The summed E-state index contributed by atoms with van der Waals surface area (Å²) in [5.74, 6) is 0.781. The standard InChI is InChI=1S/C15H18F3N3/c1-10-5-4-8-19-13(10)14-20-11-6-2-3-7-12(11)21(14)9-15(16,17)18/h2-3,6-7,10,13,19H,4-5,8-9H2,1H3. The maximum absolute atomic E-state index is 12.9. The Balaban J connectivity index is 2.09. The largest absolute Gasteiger partial charge is 0.406 e. The minimum atomic E-state index is -4.25. The number of benzene rings is 1. The van der Waals surface area contributed by atoms with Crippen molar-refractivity contribution in [1.82, 2.24) is 14.9 Å². The van der Waals surface area contributed by atoms with E-state index >= 15 is 0 Å². The third-order valence-electron chi connectivity index (χ3n) is 4.07. The minimum Gasteiger partial charge on any atom is -0.317 e. The number of fused-ring (bicyclic) bond motifs is 1. The van der Waals surface area contributed by atoms with Crippen LogP contribution in [0.25, 0.3) is 11.0 Å². The van der Waals surface area contributed by atoms with Crippen LogP contribution in [0, 0.1) is 5.92 Å². The zero-order valence-corrected chi connectivity index (χ0v) is 11.8. The topological polar surface area (TPSA) is 29.9 Å². The van der Waals surface area contributed by atoms with E-state index in [-0.39, 0.29) is 12.0 Å².